The van der Waals surface area contributed by atoms with Gasteiger partial charge in [-0.15, -0.1) is 0 Å². The van der Waals surface area contributed by atoms with Gasteiger partial charge in [-0.25, -0.2) is 0 Å². The van der Waals surface area contributed by atoms with Crippen molar-refractivity contribution in [3.63, 3.8) is 0 Å². The zero-order chi connectivity index (χ0) is 16.9. The van der Waals surface area contributed by atoms with Gasteiger partial charge in [-0.3, -0.25) is 4.98 Å². The van der Waals surface area contributed by atoms with Crippen molar-refractivity contribution in [3.8, 4) is 11.5 Å². The van der Waals surface area contributed by atoms with E-state index in [1.807, 2.05) is 55.5 Å². The van der Waals surface area contributed by atoms with Crippen LogP contribution in [0.25, 0.3) is 11.5 Å². The Bertz CT molecular complexity index is 798. The minimum atomic E-state index is 0.550. The third kappa shape index (κ3) is 3.78. The minimum absolute atomic E-state index is 0.550. The molecule has 0 aliphatic carbocycles. The molecular formula is C18H21N5O. The molecule has 6 heteroatoms. The Morgan fingerprint density at radius 3 is 2.79 bits per heavy atom. The van der Waals surface area contributed by atoms with E-state index in [9.17, 15) is 0 Å². The van der Waals surface area contributed by atoms with Crippen molar-refractivity contribution in [1.29, 1.82) is 0 Å². The van der Waals surface area contributed by atoms with Crippen LogP contribution in [0.15, 0.2) is 47.2 Å². The molecule has 0 bridgehead atoms. The van der Waals surface area contributed by atoms with Crippen molar-refractivity contribution in [2.45, 2.75) is 20.0 Å². The number of aromatic nitrogens is 3. The van der Waals surface area contributed by atoms with Crippen LogP contribution in [-0.2, 0) is 13.1 Å². The van der Waals surface area contributed by atoms with Gasteiger partial charge in [0, 0.05) is 30.2 Å². The first-order valence-electron chi connectivity index (χ1n) is 7.83. The van der Waals surface area contributed by atoms with Gasteiger partial charge in [0.1, 0.15) is 0 Å². The highest BCUT2D eigenvalue weighted by Gasteiger charge is 2.13. The summed E-state index contributed by atoms with van der Waals surface area (Å²) in [7, 11) is 3.95. The Morgan fingerprint density at radius 2 is 2.04 bits per heavy atom. The molecule has 0 saturated carbocycles. The first kappa shape index (κ1) is 16.1. The van der Waals surface area contributed by atoms with Gasteiger partial charge < -0.3 is 14.7 Å². The molecule has 2 heterocycles. The summed E-state index contributed by atoms with van der Waals surface area (Å²) in [5.41, 5.74) is 4.21. The van der Waals surface area contributed by atoms with E-state index >= 15 is 0 Å². The van der Waals surface area contributed by atoms with Gasteiger partial charge in [0.25, 0.3) is 5.89 Å². The van der Waals surface area contributed by atoms with Crippen molar-refractivity contribution < 1.29 is 4.52 Å². The van der Waals surface area contributed by atoms with E-state index in [-0.39, 0.29) is 0 Å². The van der Waals surface area contributed by atoms with Crippen LogP contribution >= 0.6 is 0 Å². The van der Waals surface area contributed by atoms with Crippen LogP contribution in [0.2, 0.25) is 0 Å². The van der Waals surface area contributed by atoms with Gasteiger partial charge in [-0.05, 0) is 50.3 Å². The summed E-state index contributed by atoms with van der Waals surface area (Å²) in [6.45, 7) is 3.42. The summed E-state index contributed by atoms with van der Waals surface area (Å²) in [6.07, 6.45) is 3.63. The largest absolute Gasteiger partial charge is 0.381 e. The molecule has 1 N–H and O–H groups in total. The molecule has 0 radical (unpaired) electrons. The molecule has 0 spiro atoms. The Hall–Kier alpha value is -2.73. The molecule has 1 aromatic carbocycles. The quantitative estimate of drug-likeness (QED) is 0.752. The van der Waals surface area contributed by atoms with Gasteiger partial charge in [-0.2, -0.15) is 4.98 Å². The molecule has 3 aromatic rings. The summed E-state index contributed by atoms with van der Waals surface area (Å²) in [6, 6.07) is 10.0. The van der Waals surface area contributed by atoms with Crippen LogP contribution in [0.1, 0.15) is 17.0 Å². The normalized spacial score (nSPS) is 11.0. The number of nitrogens with one attached hydrogen (secondary N) is 1. The van der Waals surface area contributed by atoms with Crippen LogP contribution in [0, 0.1) is 6.92 Å². The average molecular weight is 323 g/mol. The lowest BCUT2D eigenvalue weighted by Crippen LogP contribution is -2.11. The zero-order valence-corrected chi connectivity index (χ0v) is 14.2. The predicted molar refractivity (Wildman–Crippen MR) is 93.4 cm³/mol. The number of hydrogen-bond acceptors (Lipinski definition) is 6. The van der Waals surface area contributed by atoms with Crippen molar-refractivity contribution in [2.24, 2.45) is 0 Å². The van der Waals surface area contributed by atoms with Crippen molar-refractivity contribution in [1.82, 2.24) is 20.0 Å². The number of benzene rings is 1. The van der Waals surface area contributed by atoms with E-state index in [0.29, 0.717) is 24.8 Å². The van der Waals surface area contributed by atoms with Gasteiger partial charge in [0.2, 0.25) is 0 Å². The van der Waals surface area contributed by atoms with Crippen LogP contribution in [-0.4, -0.2) is 34.1 Å². The lowest BCUT2D eigenvalue weighted by Gasteiger charge is -2.11. The minimum Gasteiger partial charge on any atom is -0.381 e. The van der Waals surface area contributed by atoms with E-state index in [4.69, 9.17) is 4.52 Å². The number of hydrogen-bond donors (Lipinski definition) is 1. The van der Waals surface area contributed by atoms with E-state index in [2.05, 4.69) is 27.4 Å². The Balaban J connectivity index is 1.79. The second-order valence-corrected chi connectivity index (χ2v) is 5.95. The molecule has 0 atom stereocenters. The van der Waals surface area contributed by atoms with Crippen molar-refractivity contribution in [2.75, 3.05) is 19.4 Å². The fourth-order valence-corrected chi connectivity index (χ4v) is 2.47. The molecule has 124 valence electrons. The first-order chi connectivity index (χ1) is 11.6. The summed E-state index contributed by atoms with van der Waals surface area (Å²) in [4.78, 5) is 10.6. The summed E-state index contributed by atoms with van der Waals surface area (Å²) in [5, 5.41) is 7.48. The van der Waals surface area contributed by atoms with Crippen LogP contribution in [0.4, 0.5) is 5.69 Å². The van der Waals surface area contributed by atoms with Crippen molar-refractivity contribution >= 4 is 5.69 Å². The highest BCUT2D eigenvalue weighted by molar-refractivity contribution is 5.68. The Kier molecular flexibility index (Phi) is 4.86. The molecule has 3 rings (SSSR count). The van der Waals surface area contributed by atoms with Crippen LogP contribution in [0.5, 0.6) is 0 Å². The van der Waals surface area contributed by atoms with Crippen LogP contribution < -0.4 is 5.32 Å². The summed E-state index contributed by atoms with van der Waals surface area (Å²) in [5.74, 6) is 1.23. The van der Waals surface area contributed by atoms with E-state index in [1.54, 1.807) is 6.20 Å². The Morgan fingerprint density at radius 1 is 1.17 bits per heavy atom. The smallest absolute Gasteiger partial charge is 0.258 e. The fraction of sp³-hybridized carbons (Fsp3) is 0.278. The molecule has 0 amide bonds. The standard InChI is InChI=1S/C18H21N5O/c1-13-15(18-21-17(22-24-18)12-23(2)3)7-4-8-16(13)20-11-14-6-5-9-19-10-14/h4-10,20H,11-12H2,1-3H3. The highest BCUT2D eigenvalue weighted by atomic mass is 16.5. The number of pyridine rings is 1. The molecule has 0 unspecified atom stereocenters. The third-order valence-corrected chi connectivity index (χ3v) is 3.70. The number of anilines is 1. The molecule has 0 aliphatic rings. The Labute approximate surface area is 141 Å². The highest BCUT2D eigenvalue weighted by Crippen LogP contribution is 2.27. The van der Waals surface area contributed by atoms with Gasteiger partial charge in [0.15, 0.2) is 5.82 Å². The first-order valence-corrected chi connectivity index (χ1v) is 7.83. The molecule has 0 fully saturated rings. The van der Waals surface area contributed by atoms with E-state index in [0.717, 1.165) is 22.4 Å². The lowest BCUT2D eigenvalue weighted by molar-refractivity contribution is 0.365. The van der Waals surface area contributed by atoms with E-state index < -0.39 is 0 Å². The van der Waals surface area contributed by atoms with Crippen molar-refractivity contribution in [3.05, 3.63) is 59.7 Å². The molecule has 2 aromatic heterocycles. The fourth-order valence-electron chi connectivity index (χ4n) is 2.47. The van der Waals surface area contributed by atoms with Gasteiger partial charge in [0.05, 0.1) is 6.54 Å². The molecule has 0 saturated heterocycles. The maximum atomic E-state index is 5.42. The molecular weight excluding hydrogens is 302 g/mol. The molecule has 24 heavy (non-hydrogen) atoms. The summed E-state index contributed by atoms with van der Waals surface area (Å²) < 4.78 is 5.42. The van der Waals surface area contributed by atoms with Gasteiger partial charge in [-0.1, -0.05) is 17.3 Å². The van der Waals surface area contributed by atoms with Crippen LogP contribution in [0.3, 0.4) is 0 Å². The second-order valence-electron chi connectivity index (χ2n) is 5.95. The lowest BCUT2D eigenvalue weighted by atomic mass is 10.1. The summed E-state index contributed by atoms with van der Waals surface area (Å²) >= 11 is 0. The SMILES string of the molecule is Cc1c(NCc2cccnc2)cccc1-c1nc(CN(C)C)no1. The average Bonchev–Trinajstić information content (AvgIpc) is 3.02. The zero-order valence-electron chi connectivity index (χ0n) is 14.2. The van der Waals surface area contributed by atoms with E-state index in [1.165, 1.54) is 0 Å². The second kappa shape index (κ2) is 7.23. The topological polar surface area (TPSA) is 67.1 Å². The molecule has 6 nitrogen and oxygen atoms in total. The number of nitrogens with zero attached hydrogens (tertiary/aromatic N) is 4. The van der Waals surface area contributed by atoms with Gasteiger partial charge >= 0.3 is 0 Å². The maximum absolute atomic E-state index is 5.42. The molecule has 0 aliphatic heterocycles. The predicted octanol–water partition coefficient (Wildman–Crippen LogP) is 3.11. The monoisotopic (exact) mass is 323 g/mol. The number of rotatable bonds is 6. The maximum Gasteiger partial charge on any atom is 0.258 e. The third-order valence-electron chi connectivity index (χ3n) is 3.70.